The van der Waals surface area contributed by atoms with Crippen LogP contribution in [0.25, 0.3) is 5.57 Å². The minimum Gasteiger partial charge on any atom is -0.397 e. The second kappa shape index (κ2) is 5.94. The van der Waals surface area contributed by atoms with E-state index in [0.717, 1.165) is 17.8 Å². The van der Waals surface area contributed by atoms with Gasteiger partial charge in [-0.2, -0.15) is 0 Å². The normalized spacial score (nSPS) is 20.2. The van der Waals surface area contributed by atoms with Gasteiger partial charge in [0.2, 0.25) is 0 Å². The Morgan fingerprint density at radius 3 is 2.40 bits per heavy atom. The Kier molecular flexibility index (Phi) is 4.18. The molecular weight excluding hydrogens is 304 g/mol. The Labute approximate surface area is 152 Å². The third-order valence-corrected chi connectivity index (χ3v) is 5.63. The molecule has 0 saturated heterocycles. The summed E-state index contributed by atoms with van der Waals surface area (Å²) in [5.74, 6) is 0. The molecule has 1 heterocycles. The van der Waals surface area contributed by atoms with Gasteiger partial charge in [0.05, 0.1) is 16.9 Å². The van der Waals surface area contributed by atoms with Crippen LogP contribution in [0.3, 0.4) is 0 Å². The number of nitrogens with zero attached hydrogens (tertiary/aromatic N) is 1. The highest BCUT2D eigenvalue weighted by Gasteiger charge is 2.37. The summed E-state index contributed by atoms with van der Waals surface area (Å²) < 4.78 is 0. The van der Waals surface area contributed by atoms with Crippen LogP contribution in [-0.4, -0.2) is 0 Å². The van der Waals surface area contributed by atoms with Crippen LogP contribution in [0, 0.1) is 0 Å². The molecule has 2 N–H and O–H groups in total. The molecule has 1 aliphatic heterocycles. The maximum atomic E-state index is 6.43. The highest BCUT2D eigenvalue weighted by molar-refractivity contribution is 5.80. The first-order chi connectivity index (χ1) is 11.7. The quantitative estimate of drug-likeness (QED) is 0.675. The lowest BCUT2D eigenvalue weighted by Crippen LogP contribution is -2.43. The molecule has 2 heteroatoms. The lowest BCUT2D eigenvalue weighted by molar-refractivity contribution is 0.454. The maximum Gasteiger partial charge on any atom is 0.0672 e. The zero-order valence-electron chi connectivity index (χ0n) is 16.4. The summed E-state index contributed by atoms with van der Waals surface area (Å²) in [6.45, 7) is 13.5. The SMILES string of the molecule is CCC1(C)c2ccccc2C(C)=CN1c1cc(C(C)(C)C)ccc1N. The van der Waals surface area contributed by atoms with Crippen LogP contribution in [0.4, 0.5) is 11.4 Å². The molecule has 0 fully saturated rings. The molecule has 0 amide bonds. The van der Waals surface area contributed by atoms with E-state index >= 15 is 0 Å². The topological polar surface area (TPSA) is 29.3 Å². The van der Waals surface area contributed by atoms with Gasteiger partial charge in [-0.1, -0.05) is 58.0 Å². The van der Waals surface area contributed by atoms with Crippen molar-refractivity contribution in [1.82, 2.24) is 0 Å². The van der Waals surface area contributed by atoms with Gasteiger partial charge in [-0.25, -0.2) is 0 Å². The molecule has 1 aliphatic rings. The average Bonchev–Trinajstić information content (AvgIpc) is 2.58. The van der Waals surface area contributed by atoms with Crippen molar-refractivity contribution in [2.75, 3.05) is 10.6 Å². The number of fused-ring (bicyclic) bond motifs is 1. The van der Waals surface area contributed by atoms with Crippen molar-refractivity contribution in [1.29, 1.82) is 0 Å². The van der Waals surface area contributed by atoms with Crippen LogP contribution in [0.5, 0.6) is 0 Å². The van der Waals surface area contributed by atoms with E-state index in [-0.39, 0.29) is 11.0 Å². The van der Waals surface area contributed by atoms with Crippen molar-refractivity contribution in [3.8, 4) is 0 Å². The summed E-state index contributed by atoms with van der Waals surface area (Å²) in [6, 6.07) is 15.2. The zero-order valence-corrected chi connectivity index (χ0v) is 16.4. The molecule has 0 radical (unpaired) electrons. The molecule has 3 rings (SSSR count). The second-order valence-corrected chi connectivity index (χ2v) is 8.38. The maximum absolute atomic E-state index is 6.43. The van der Waals surface area contributed by atoms with Gasteiger partial charge in [-0.15, -0.1) is 0 Å². The average molecular weight is 335 g/mol. The molecule has 0 aliphatic carbocycles. The largest absolute Gasteiger partial charge is 0.397 e. The molecule has 2 aromatic carbocycles. The summed E-state index contributed by atoms with van der Waals surface area (Å²) in [5, 5.41) is 0. The fourth-order valence-electron chi connectivity index (χ4n) is 3.75. The number of rotatable bonds is 2. The van der Waals surface area contributed by atoms with Crippen LogP contribution in [0.2, 0.25) is 0 Å². The number of allylic oxidation sites excluding steroid dienone is 1. The van der Waals surface area contributed by atoms with E-state index in [1.165, 1.54) is 22.3 Å². The zero-order chi connectivity index (χ0) is 18.4. The van der Waals surface area contributed by atoms with E-state index in [0.29, 0.717) is 0 Å². The second-order valence-electron chi connectivity index (χ2n) is 8.38. The molecule has 1 unspecified atom stereocenters. The van der Waals surface area contributed by atoms with Crippen LogP contribution in [0.1, 0.15) is 64.7 Å². The molecule has 25 heavy (non-hydrogen) atoms. The van der Waals surface area contributed by atoms with Gasteiger partial charge in [0.25, 0.3) is 0 Å². The monoisotopic (exact) mass is 334 g/mol. The van der Waals surface area contributed by atoms with Gasteiger partial charge in [-0.3, -0.25) is 0 Å². The first-order valence-corrected chi connectivity index (χ1v) is 9.16. The van der Waals surface area contributed by atoms with Gasteiger partial charge in [0.15, 0.2) is 0 Å². The van der Waals surface area contributed by atoms with Gasteiger partial charge < -0.3 is 10.6 Å². The van der Waals surface area contributed by atoms with Crippen molar-refractivity contribution in [2.24, 2.45) is 0 Å². The molecule has 0 saturated carbocycles. The number of nitrogens with two attached hydrogens (primary N) is 1. The van der Waals surface area contributed by atoms with Crippen molar-refractivity contribution in [3.05, 3.63) is 65.4 Å². The summed E-state index contributed by atoms with van der Waals surface area (Å²) >= 11 is 0. The van der Waals surface area contributed by atoms with Crippen LogP contribution in [0.15, 0.2) is 48.7 Å². The van der Waals surface area contributed by atoms with Gasteiger partial charge in [-0.05, 0) is 60.1 Å². The summed E-state index contributed by atoms with van der Waals surface area (Å²) in [6.07, 6.45) is 3.27. The Morgan fingerprint density at radius 1 is 1.08 bits per heavy atom. The molecule has 2 nitrogen and oxygen atoms in total. The summed E-state index contributed by atoms with van der Waals surface area (Å²) in [5.41, 5.74) is 13.7. The molecule has 2 aromatic rings. The van der Waals surface area contributed by atoms with E-state index < -0.39 is 0 Å². The Morgan fingerprint density at radius 2 is 1.76 bits per heavy atom. The summed E-state index contributed by atoms with van der Waals surface area (Å²) in [7, 11) is 0. The van der Waals surface area contributed by atoms with Crippen LogP contribution in [-0.2, 0) is 11.0 Å². The lowest BCUT2D eigenvalue weighted by atomic mass is 9.79. The van der Waals surface area contributed by atoms with Crippen LogP contribution < -0.4 is 10.6 Å². The van der Waals surface area contributed by atoms with Crippen molar-refractivity contribution < 1.29 is 0 Å². The Bertz CT molecular complexity index is 826. The predicted octanol–water partition coefficient (Wildman–Crippen LogP) is 6.07. The third-order valence-electron chi connectivity index (χ3n) is 5.63. The molecule has 132 valence electrons. The minimum absolute atomic E-state index is 0.0948. The molecule has 0 spiro atoms. The minimum atomic E-state index is -0.110. The highest BCUT2D eigenvalue weighted by Crippen LogP contribution is 2.46. The van der Waals surface area contributed by atoms with Gasteiger partial charge >= 0.3 is 0 Å². The number of benzene rings is 2. The van der Waals surface area contributed by atoms with E-state index in [2.05, 4.69) is 95.1 Å². The fraction of sp³-hybridized carbons (Fsp3) is 0.391. The van der Waals surface area contributed by atoms with Gasteiger partial charge in [0, 0.05) is 6.20 Å². The lowest BCUT2D eigenvalue weighted by Gasteiger charge is -2.46. The van der Waals surface area contributed by atoms with Crippen LogP contribution >= 0.6 is 0 Å². The van der Waals surface area contributed by atoms with E-state index in [1.54, 1.807) is 0 Å². The third kappa shape index (κ3) is 2.84. The van der Waals surface area contributed by atoms with Crippen molar-refractivity contribution >= 4 is 16.9 Å². The van der Waals surface area contributed by atoms with Gasteiger partial charge in [0.1, 0.15) is 0 Å². The standard InChI is InChI=1S/C23H30N2/c1-7-23(6)19-11-9-8-10-18(19)16(2)15-25(23)21-14-17(22(3,4)5)12-13-20(21)24/h8-15H,7,24H2,1-6H3. The summed E-state index contributed by atoms with van der Waals surface area (Å²) in [4.78, 5) is 2.38. The van der Waals surface area contributed by atoms with E-state index in [1.807, 2.05) is 0 Å². The predicted molar refractivity (Wildman–Crippen MR) is 110 cm³/mol. The molecular formula is C23H30N2. The highest BCUT2D eigenvalue weighted by atomic mass is 15.2. The smallest absolute Gasteiger partial charge is 0.0672 e. The Hall–Kier alpha value is -2.22. The number of hydrogen-bond acceptors (Lipinski definition) is 2. The molecule has 0 bridgehead atoms. The fourth-order valence-corrected chi connectivity index (χ4v) is 3.75. The van der Waals surface area contributed by atoms with E-state index in [9.17, 15) is 0 Å². The number of hydrogen-bond donors (Lipinski definition) is 1. The number of nitrogen functional groups attached to an aromatic ring is 1. The molecule has 1 atom stereocenters. The first-order valence-electron chi connectivity index (χ1n) is 9.16. The van der Waals surface area contributed by atoms with E-state index in [4.69, 9.17) is 5.73 Å². The van der Waals surface area contributed by atoms with Crippen molar-refractivity contribution in [3.63, 3.8) is 0 Å². The Balaban J connectivity index is 2.23. The van der Waals surface area contributed by atoms with Crippen molar-refractivity contribution in [2.45, 2.75) is 58.9 Å². The molecule has 0 aromatic heterocycles. The first kappa shape index (κ1) is 17.6. The number of anilines is 2.